The zero-order valence-corrected chi connectivity index (χ0v) is 14.1. The first kappa shape index (κ1) is 15.9. The molecule has 5 heteroatoms. The van der Waals surface area contributed by atoms with Crippen molar-refractivity contribution in [2.24, 2.45) is 0 Å². The first-order valence-corrected chi connectivity index (χ1v) is 8.19. The fraction of sp³-hybridized carbons (Fsp3) is 0.0476. The normalized spacial score (nSPS) is 10.8. The minimum atomic E-state index is -0.405. The van der Waals surface area contributed by atoms with Crippen LogP contribution in [-0.4, -0.2) is 10.5 Å². The van der Waals surface area contributed by atoms with E-state index < -0.39 is 5.63 Å². The van der Waals surface area contributed by atoms with Crippen molar-refractivity contribution in [2.75, 3.05) is 5.32 Å². The summed E-state index contributed by atoms with van der Waals surface area (Å²) in [6.45, 7) is 1.85. The van der Waals surface area contributed by atoms with E-state index in [2.05, 4.69) is 5.32 Å². The van der Waals surface area contributed by atoms with Gasteiger partial charge in [-0.3, -0.25) is 4.79 Å². The van der Waals surface area contributed by atoms with Crippen molar-refractivity contribution >= 4 is 22.6 Å². The lowest BCUT2D eigenvalue weighted by Crippen LogP contribution is -2.12. The lowest BCUT2D eigenvalue weighted by atomic mass is 10.1. The summed E-state index contributed by atoms with van der Waals surface area (Å²) in [7, 11) is 0. The molecular formula is C21H16N2O3. The minimum absolute atomic E-state index is 0.228. The largest absolute Gasteiger partial charge is 0.423 e. The molecule has 0 saturated carbocycles. The Morgan fingerprint density at radius 3 is 2.62 bits per heavy atom. The van der Waals surface area contributed by atoms with Crippen molar-refractivity contribution in [2.45, 2.75) is 6.92 Å². The van der Waals surface area contributed by atoms with Crippen molar-refractivity contribution in [1.82, 2.24) is 4.57 Å². The maximum atomic E-state index is 12.6. The second-order valence-electron chi connectivity index (χ2n) is 6.05. The van der Waals surface area contributed by atoms with E-state index in [9.17, 15) is 9.59 Å². The summed E-state index contributed by atoms with van der Waals surface area (Å²) >= 11 is 0. The molecular weight excluding hydrogens is 328 g/mol. The molecule has 0 atom stereocenters. The fourth-order valence-electron chi connectivity index (χ4n) is 2.92. The average molecular weight is 344 g/mol. The van der Waals surface area contributed by atoms with Crippen LogP contribution in [0.5, 0.6) is 0 Å². The van der Waals surface area contributed by atoms with Crippen LogP contribution in [0.25, 0.3) is 16.7 Å². The van der Waals surface area contributed by atoms with Crippen LogP contribution in [0.4, 0.5) is 5.69 Å². The number of fused-ring (bicyclic) bond motifs is 1. The Morgan fingerprint density at radius 2 is 1.81 bits per heavy atom. The van der Waals surface area contributed by atoms with Gasteiger partial charge in [0, 0.05) is 46.9 Å². The summed E-state index contributed by atoms with van der Waals surface area (Å²) in [5.41, 5.74) is 2.91. The number of hydrogen-bond acceptors (Lipinski definition) is 3. The van der Waals surface area contributed by atoms with E-state index in [-0.39, 0.29) is 5.91 Å². The Labute approximate surface area is 149 Å². The molecule has 0 fully saturated rings. The second-order valence-corrected chi connectivity index (χ2v) is 6.05. The number of anilines is 1. The van der Waals surface area contributed by atoms with Gasteiger partial charge in [-0.05, 0) is 55.0 Å². The molecule has 0 spiro atoms. The summed E-state index contributed by atoms with van der Waals surface area (Å²) in [5.74, 6) is -0.228. The van der Waals surface area contributed by atoms with E-state index >= 15 is 0 Å². The van der Waals surface area contributed by atoms with E-state index in [0.29, 0.717) is 16.8 Å². The summed E-state index contributed by atoms with van der Waals surface area (Å²) < 4.78 is 7.16. The van der Waals surface area contributed by atoms with E-state index in [1.54, 1.807) is 18.2 Å². The van der Waals surface area contributed by atoms with Crippen molar-refractivity contribution in [3.63, 3.8) is 0 Å². The van der Waals surface area contributed by atoms with Crippen LogP contribution in [0, 0.1) is 6.92 Å². The fourth-order valence-corrected chi connectivity index (χ4v) is 2.92. The van der Waals surface area contributed by atoms with Gasteiger partial charge in [0.1, 0.15) is 5.58 Å². The van der Waals surface area contributed by atoms with Crippen molar-refractivity contribution in [1.29, 1.82) is 0 Å². The highest BCUT2D eigenvalue weighted by Gasteiger charge is 2.09. The van der Waals surface area contributed by atoms with Crippen LogP contribution in [0.1, 0.15) is 15.9 Å². The van der Waals surface area contributed by atoms with Gasteiger partial charge in [-0.1, -0.05) is 6.07 Å². The number of aromatic nitrogens is 1. The predicted molar refractivity (Wildman–Crippen MR) is 101 cm³/mol. The van der Waals surface area contributed by atoms with Crippen LogP contribution in [0.15, 0.2) is 82.3 Å². The molecule has 2 heterocycles. The molecule has 0 radical (unpaired) electrons. The number of rotatable bonds is 3. The summed E-state index contributed by atoms with van der Waals surface area (Å²) in [5, 5.41) is 3.70. The number of carbonyl (C=O) groups excluding carboxylic acids is 1. The molecule has 2 aromatic heterocycles. The smallest absolute Gasteiger partial charge is 0.336 e. The molecule has 2 aromatic carbocycles. The Balaban J connectivity index is 1.63. The lowest BCUT2D eigenvalue weighted by Gasteiger charge is -2.09. The first-order chi connectivity index (χ1) is 12.6. The van der Waals surface area contributed by atoms with Crippen LogP contribution in [-0.2, 0) is 0 Å². The van der Waals surface area contributed by atoms with E-state index in [1.807, 2.05) is 60.3 Å². The number of nitrogens with one attached hydrogen (secondary N) is 1. The first-order valence-electron chi connectivity index (χ1n) is 8.19. The van der Waals surface area contributed by atoms with Gasteiger partial charge in [0.05, 0.1) is 0 Å². The molecule has 0 aliphatic rings. The van der Waals surface area contributed by atoms with Gasteiger partial charge in [-0.15, -0.1) is 0 Å². The number of hydrogen-bond donors (Lipinski definition) is 1. The molecule has 1 N–H and O–H groups in total. The predicted octanol–water partition coefficient (Wildman–Crippen LogP) is 4.14. The van der Waals surface area contributed by atoms with Crippen LogP contribution in [0.2, 0.25) is 0 Å². The third kappa shape index (κ3) is 3.02. The molecule has 1 amide bonds. The van der Waals surface area contributed by atoms with Gasteiger partial charge in [0.15, 0.2) is 0 Å². The highest BCUT2D eigenvalue weighted by molar-refractivity contribution is 6.05. The van der Waals surface area contributed by atoms with E-state index in [4.69, 9.17) is 4.42 Å². The molecule has 0 saturated heterocycles. The van der Waals surface area contributed by atoms with Crippen molar-refractivity contribution in [3.05, 3.63) is 94.6 Å². The molecule has 0 aliphatic carbocycles. The number of amides is 1. The van der Waals surface area contributed by atoms with E-state index in [1.165, 1.54) is 6.07 Å². The van der Waals surface area contributed by atoms with E-state index in [0.717, 1.165) is 16.6 Å². The van der Waals surface area contributed by atoms with Crippen LogP contribution in [0.3, 0.4) is 0 Å². The quantitative estimate of drug-likeness (QED) is 0.568. The van der Waals surface area contributed by atoms with Crippen molar-refractivity contribution < 1.29 is 9.21 Å². The number of aryl methyl sites for hydroxylation is 1. The van der Waals surface area contributed by atoms with Gasteiger partial charge in [-0.25, -0.2) is 4.79 Å². The Bertz CT molecular complexity index is 1160. The second kappa shape index (κ2) is 6.37. The highest BCUT2D eigenvalue weighted by atomic mass is 16.4. The number of nitrogens with zero attached hydrogens (tertiary/aromatic N) is 1. The molecule has 0 bridgehead atoms. The zero-order valence-electron chi connectivity index (χ0n) is 14.1. The SMILES string of the molecule is Cc1cc(=O)oc2cc(NC(=O)c3cccc(-n4cccc4)c3)ccc12. The maximum Gasteiger partial charge on any atom is 0.336 e. The summed E-state index contributed by atoms with van der Waals surface area (Å²) in [4.78, 5) is 24.1. The van der Waals surface area contributed by atoms with Gasteiger partial charge in [-0.2, -0.15) is 0 Å². The molecule has 0 unspecified atom stereocenters. The zero-order chi connectivity index (χ0) is 18.1. The molecule has 128 valence electrons. The monoisotopic (exact) mass is 344 g/mol. The number of carbonyl (C=O) groups is 1. The molecule has 4 aromatic rings. The molecule has 4 rings (SSSR count). The standard InChI is InChI=1S/C21H16N2O3/c1-14-11-20(24)26-19-13-16(7-8-18(14)19)22-21(25)15-5-4-6-17(12-15)23-9-2-3-10-23/h2-13H,1H3,(H,22,25). The maximum absolute atomic E-state index is 12.6. The van der Waals surface area contributed by atoms with Crippen molar-refractivity contribution in [3.8, 4) is 5.69 Å². The summed E-state index contributed by atoms with van der Waals surface area (Å²) in [6, 6.07) is 18.0. The van der Waals surface area contributed by atoms with Gasteiger partial charge in [0.2, 0.25) is 0 Å². The Hall–Kier alpha value is -3.60. The molecule has 5 nitrogen and oxygen atoms in total. The Kier molecular flexibility index (Phi) is 3.89. The molecule has 0 aliphatic heterocycles. The minimum Gasteiger partial charge on any atom is -0.423 e. The van der Waals surface area contributed by atoms with Crippen LogP contribution < -0.4 is 10.9 Å². The van der Waals surface area contributed by atoms with Gasteiger partial charge >= 0.3 is 5.63 Å². The Morgan fingerprint density at radius 1 is 1.00 bits per heavy atom. The number of benzene rings is 2. The van der Waals surface area contributed by atoms with Gasteiger partial charge < -0.3 is 14.3 Å². The van der Waals surface area contributed by atoms with Crippen LogP contribution >= 0.6 is 0 Å². The topological polar surface area (TPSA) is 64.2 Å². The highest BCUT2D eigenvalue weighted by Crippen LogP contribution is 2.21. The third-order valence-electron chi connectivity index (χ3n) is 4.22. The molecule has 26 heavy (non-hydrogen) atoms. The van der Waals surface area contributed by atoms with Gasteiger partial charge in [0.25, 0.3) is 5.91 Å². The third-order valence-corrected chi connectivity index (χ3v) is 4.22. The average Bonchev–Trinajstić information content (AvgIpc) is 3.16. The lowest BCUT2D eigenvalue weighted by molar-refractivity contribution is 0.102. The summed E-state index contributed by atoms with van der Waals surface area (Å²) in [6.07, 6.45) is 3.84.